The molecule has 186 valence electrons. The Morgan fingerprint density at radius 3 is 2.69 bits per heavy atom. The van der Waals surface area contributed by atoms with Gasteiger partial charge in [-0.1, -0.05) is 25.5 Å². The van der Waals surface area contributed by atoms with Gasteiger partial charge in [0.2, 0.25) is 0 Å². The van der Waals surface area contributed by atoms with Crippen LogP contribution in [-0.4, -0.2) is 50.3 Å². The smallest absolute Gasteiger partial charge is 0.407 e. The summed E-state index contributed by atoms with van der Waals surface area (Å²) in [7, 11) is 0. The van der Waals surface area contributed by atoms with Gasteiger partial charge in [-0.15, -0.1) is 0 Å². The quantitative estimate of drug-likeness (QED) is 0.233. The van der Waals surface area contributed by atoms with Gasteiger partial charge in [0, 0.05) is 12.1 Å². The van der Waals surface area contributed by atoms with Crippen LogP contribution in [0.2, 0.25) is 0 Å². The number of unbranched alkanes of at least 4 members (excludes halogenated alkanes) is 1. The number of imidazole rings is 1. The number of nitrogens with two attached hydrogens (primary N) is 1. The zero-order valence-electron chi connectivity index (χ0n) is 19.6. The van der Waals surface area contributed by atoms with Crippen molar-refractivity contribution in [3.8, 4) is 5.69 Å². The Kier molecular flexibility index (Phi) is 8.17. The molecular formula is C24H29BrN6O4. The van der Waals surface area contributed by atoms with Gasteiger partial charge in [-0.2, -0.15) is 0 Å². The first kappa shape index (κ1) is 24.9. The second kappa shape index (κ2) is 11.5. The molecule has 4 rings (SSSR count). The number of aromatic nitrogens is 4. The van der Waals surface area contributed by atoms with Crippen LogP contribution in [0.25, 0.3) is 16.9 Å². The van der Waals surface area contributed by atoms with E-state index in [2.05, 4.69) is 36.2 Å². The fraction of sp³-hybridized carbons (Fsp3) is 0.458. The number of anilines is 1. The van der Waals surface area contributed by atoms with E-state index in [1.165, 1.54) is 6.33 Å². The molecule has 1 aliphatic rings. The maximum atomic E-state index is 12.9. The van der Waals surface area contributed by atoms with Crippen molar-refractivity contribution in [2.24, 2.45) is 0 Å². The minimum Gasteiger partial charge on any atom is -0.461 e. The van der Waals surface area contributed by atoms with Gasteiger partial charge in [-0.05, 0) is 65.7 Å². The van der Waals surface area contributed by atoms with Crippen molar-refractivity contribution in [1.82, 2.24) is 24.8 Å². The summed E-state index contributed by atoms with van der Waals surface area (Å²) in [6.45, 7) is 2.32. The van der Waals surface area contributed by atoms with E-state index in [1.807, 2.05) is 35.8 Å². The van der Waals surface area contributed by atoms with E-state index >= 15 is 0 Å². The molecule has 3 aromatic rings. The summed E-state index contributed by atoms with van der Waals surface area (Å²) in [5, 5.41) is 2.69. The summed E-state index contributed by atoms with van der Waals surface area (Å²) in [4.78, 5) is 37.9. The molecule has 2 aromatic heterocycles. The molecule has 11 heteroatoms. The zero-order valence-corrected chi connectivity index (χ0v) is 21.2. The Labute approximate surface area is 211 Å². The number of rotatable bonds is 9. The van der Waals surface area contributed by atoms with Crippen LogP contribution in [0.4, 0.5) is 10.6 Å². The van der Waals surface area contributed by atoms with Gasteiger partial charge in [-0.25, -0.2) is 24.5 Å². The highest BCUT2D eigenvalue weighted by atomic mass is 79.9. The third kappa shape index (κ3) is 6.08. The molecule has 0 bridgehead atoms. The van der Waals surface area contributed by atoms with E-state index < -0.39 is 18.1 Å². The summed E-state index contributed by atoms with van der Waals surface area (Å²) >= 11 is 3.46. The lowest BCUT2D eigenvalue weighted by atomic mass is 10.1. The molecule has 3 N–H and O–H groups in total. The molecule has 1 aliphatic carbocycles. The summed E-state index contributed by atoms with van der Waals surface area (Å²) in [5.74, 6) is -0.143. The van der Waals surface area contributed by atoms with E-state index in [0.717, 1.165) is 49.8 Å². The molecule has 0 unspecified atom stereocenters. The van der Waals surface area contributed by atoms with Gasteiger partial charge in [0.15, 0.2) is 21.7 Å². The van der Waals surface area contributed by atoms with E-state index in [-0.39, 0.29) is 12.5 Å². The molecule has 35 heavy (non-hydrogen) atoms. The lowest BCUT2D eigenvalue weighted by molar-refractivity contribution is -0.151. The monoisotopic (exact) mass is 544 g/mol. The van der Waals surface area contributed by atoms with Gasteiger partial charge in [0.1, 0.15) is 18.5 Å². The lowest BCUT2D eigenvalue weighted by Gasteiger charge is -2.20. The fourth-order valence-electron chi connectivity index (χ4n) is 4.07. The topological polar surface area (TPSA) is 134 Å². The average molecular weight is 545 g/mol. The second-order valence-corrected chi connectivity index (χ2v) is 9.26. The van der Waals surface area contributed by atoms with Crippen molar-refractivity contribution < 1.29 is 19.1 Å². The number of nitrogen functional groups attached to an aromatic ring is 1. The number of hydrogen-bond acceptors (Lipinski definition) is 8. The highest BCUT2D eigenvalue weighted by Gasteiger charge is 2.28. The number of fused-ring (bicyclic) bond motifs is 1. The van der Waals surface area contributed by atoms with Crippen molar-refractivity contribution in [2.45, 2.75) is 64.0 Å². The van der Waals surface area contributed by atoms with Crippen molar-refractivity contribution in [2.75, 3.05) is 12.3 Å². The van der Waals surface area contributed by atoms with Crippen LogP contribution in [0.5, 0.6) is 0 Å². The number of benzene rings is 1. The molecule has 0 aliphatic heterocycles. The fourth-order valence-corrected chi connectivity index (χ4v) is 4.62. The molecule has 0 saturated heterocycles. The molecule has 1 fully saturated rings. The first-order chi connectivity index (χ1) is 17.0. The van der Waals surface area contributed by atoms with Crippen molar-refractivity contribution in [1.29, 1.82) is 0 Å². The van der Waals surface area contributed by atoms with E-state index in [1.54, 1.807) is 0 Å². The SMILES string of the molecule is CCCCOC(=O)N[C@@H](Cc1ccc(-n2c(Br)nc3c(N)ncnc32)cc1)C(=O)OC1CCCC1. The Balaban J connectivity index is 1.50. The van der Waals surface area contributed by atoms with Gasteiger partial charge in [0.05, 0.1) is 6.61 Å². The van der Waals surface area contributed by atoms with Crippen LogP contribution in [0.3, 0.4) is 0 Å². The Hall–Kier alpha value is -3.21. The highest BCUT2D eigenvalue weighted by Crippen LogP contribution is 2.26. The van der Waals surface area contributed by atoms with Crippen LogP contribution in [0.15, 0.2) is 35.3 Å². The second-order valence-electron chi connectivity index (χ2n) is 8.55. The first-order valence-corrected chi connectivity index (χ1v) is 12.6. The first-order valence-electron chi connectivity index (χ1n) is 11.8. The van der Waals surface area contributed by atoms with Crippen LogP contribution < -0.4 is 11.1 Å². The zero-order chi connectivity index (χ0) is 24.8. The van der Waals surface area contributed by atoms with Crippen LogP contribution in [-0.2, 0) is 20.7 Å². The van der Waals surface area contributed by atoms with E-state index in [4.69, 9.17) is 15.2 Å². The summed E-state index contributed by atoms with van der Waals surface area (Å²) in [5.41, 5.74) is 8.66. The van der Waals surface area contributed by atoms with Crippen LogP contribution >= 0.6 is 15.9 Å². The van der Waals surface area contributed by atoms with Crippen molar-refractivity contribution in [3.63, 3.8) is 0 Å². The summed E-state index contributed by atoms with van der Waals surface area (Å²) in [6, 6.07) is 6.71. The number of nitrogens with zero attached hydrogens (tertiary/aromatic N) is 4. The van der Waals surface area contributed by atoms with Gasteiger partial charge in [-0.3, -0.25) is 4.57 Å². The molecule has 2 heterocycles. The number of alkyl carbamates (subject to hydrolysis) is 1. The third-order valence-corrected chi connectivity index (χ3v) is 6.49. The molecule has 1 aromatic carbocycles. The van der Waals surface area contributed by atoms with Gasteiger partial charge < -0.3 is 20.5 Å². The number of carbonyl (C=O) groups is 2. The lowest BCUT2D eigenvalue weighted by Crippen LogP contribution is -2.44. The number of amides is 1. The molecule has 0 spiro atoms. The molecule has 1 amide bonds. The van der Waals surface area contributed by atoms with E-state index in [9.17, 15) is 9.59 Å². The minimum atomic E-state index is -0.844. The van der Waals surface area contributed by atoms with Crippen molar-refractivity contribution in [3.05, 3.63) is 40.9 Å². The number of halogens is 1. The number of esters is 1. The van der Waals surface area contributed by atoms with Gasteiger partial charge >= 0.3 is 12.1 Å². The Morgan fingerprint density at radius 1 is 1.23 bits per heavy atom. The molecule has 10 nitrogen and oxygen atoms in total. The normalized spacial score (nSPS) is 14.7. The number of carbonyl (C=O) groups excluding carboxylic acids is 2. The Morgan fingerprint density at radius 2 is 1.97 bits per heavy atom. The Bertz CT molecular complexity index is 1180. The van der Waals surface area contributed by atoms with Crippen LogP contribution in [0, 0.1) is 0 Å². The van der Waals surface area contributed by atoms with E-state index in [0.29, 0.717) is 28.3 Å². The molecule has 0 radical (unpaired) electrons. The summed E-state index contributed by atoms with van der Waals surface area (Å²) < 4.78 is 13.2. The summed E-state index contributed by atoms with van der Waals surface area (Å²) in [6.07, 6.45) is 6.44. The average Bonchev–Trinajstić information content (AvgIpc) is 3.47. The largest absolute Gasteiger partial charge is 0.461 e. The minimum absolute atomic E-state index is 0.0911. The standard InChI is InChI=1S/C24H29BrN6O4/c1-2-3-12-34-24(33)29-18(22(32)35-17-6-4-5-7-17)13-15-8-10-16(11-9-15)31-21-19(30-23(31)25)20(26)27-14-28-21/h8-11,14,17-18H,2-7,12-13H2,1H3,(H,29,33)(H2,26,27,28)/t18-/m0/s1. The van der Waals surface area contributed by atoms with Crippen molar-refractivity contribution >= 4 is 45.0 Å². The predicted molar refractivity (Wildman–Crippen MR) is 134 cm³/mol. The van der Waals surface area contributed by atoms with Gasteiger partial charge in [0.25, 0.3) is 0 Å². The third-order valence-electron chi connectivity index (χ3n) is 5.96. The maximum Gasteiger partial charge on any atom is 0.407 e. The molecular weight excluding hydrogens is 516 g/mol. The number of nitrogens with one attached hydrogen (secondary N) is 1. The van der Waals surface area contributed by atoms with Crippen LogP contribution in [0.1, 0.15) is 51.0 Å². The molecule has 1 atom stereocenters. The highest BCUT2D eigenvalue weighted by molar-refractivity contribution is 9.10. The predicted octanol–water partition coefficient (Wildman–Crippen LogP) is 4.08. The number of ether oxygens (including phenoxy) is 2. The number of hydrogen-bond donors (Lipinski definition) is 2. The maximum absolute atomic E-state index is 12.9. The molecule has 1 saturated carbocycles.